The average Bonchev–Trinajstić information content (AvgIpc) is 3.29. The van der Waals surface area contributed by atoms with Crippen LogP contribution in [0.2, 0.25) is 0 Å². The molecule has 0 spiro atoms. The zero-order chi connectivity index (χ0) is 22.1. The molecular formula is C26H26N2O4. The highest BCUT2D eigenvalue weighted by Crippen LogP contribution is 2.49. The van der Waals surface area contributed by atoms with Crippen LogP contribution in [0, 0.1) is 0 Å². The van der Waals surface area contributed by atoms with Crippen molar-refractivity contribution in [3.8, 4) is 23.0 Å². The van der Waals surface area contributed by atoms with Crippen molar-refractivity contribution >= 4 is 5.71 Å². The largest absolute Gasteiger partial charge is 0.493 e. The van der Waals surface area contributed by atoms with E-state index >= 15 is 0 Å². The molecule has 0 saturated carbocycles. The lowest BCUT2D eigenvalue weighted by Gasteiger charge is -2.38. The van der Waals surface area contributed by atoms with E-state index in [0.29, 0.717) is 18.1 Å². The van der Waals surface area contributed by atoms with Gasteiger partial charge in [-0.25, -0.2) is 5.01 Å². The highest BCUT2D eigenvalue weighted by Gasteiger charge is 2.41. The number of methoxy groups -OCH3 is 2. The number of hydrazone groups is 1. The molecule has 0 amide bonds. The number of fused-ring (bicyclic) bond motifs is 3. The van der Waals surface area contributed by atoms with E-state index in [4.69, 9.17) is 24.0 Å². The van der Waals surface area contributed by atoms with E-state index in [1.165, 1.54) is 0 Å². The van der Waals surface area contributed by atoms with Crippen LogP contribution in [0.15, 0.2) is 71.8 Å². The summed E-state index contributed by atoms with van der Waals surface area (Å²) in [6, 6.07) is 22.2. The molecule has 5 rings (SSSR count). The van der Waals surface area contributed by atoms with Crippen LogP contribution >= 0.6 is 0 Å². The molecule has 2 aliphatic rings. The Labute approximate surface area is 188 Å². The van der Waals surface area contributed by atoms with Gasteiger partial charge in [-0.3, -0.25) is 0 Å². The maximum Gasteiger partial charge on any atom is 0.217 e. The predicted molar refractivity (Wildman–Crippen MR) is 123 cm³/mol. The van der Waals surface area contributed by atoms with Gasteiger partial charge >= 0.3 is 0 Å². The minimum Gasteiger partial charge on any atom is -0.493 e. The van der Waals surface area contributed by atoms with Crippen LogP contribution in [0.5, 0.6) is 23.0 Å². The molecule has 3 aromatic rings. The molecule has 6 nitrogen and oxygen atoms in total. The number of ether oxygens (including phenoxy) is 4. The number of rotatable bonds is 6. The summed E-state index contributed by atoms with van der Waals surface area (Å²) in [5.74, 6) is 3.08. The lowest BCUT2D eigenvalue weighted by Crippen LogP contribution is -2.34. The zero-order valence-corrected chi connectivity index (χ0v) is 18.4. The molecule has 164 valence electrons. The Morgan fingerprint density at radius 3 is 2.44 bits per heavy atom. The summed E-state index contributed by atoms with van der Waals surface area (Å²) < 4.78 is 23.3. The van der Waals surface area contributed by atoms with E-state index in [2.05, 4.69) is 11.1 Å². The van der Waals surface area contributed by atoms with Crippen molar-refractivity contribution in [2.45, 2.75) is 25.6 Å². The summed E-state index contributed by atoms with van der Waals surface area (Å²) in [7, 11) is 3.28. The smallest absolute Gasteiger partial charge is 0.217 e. The van der Waals surface area contributed by atoms with Gasteiger partial charge in [-0.05, 0) is 43.3 Å². The third-order valence-electron chi connectivity index (χ3n) is 5.90. The van der Waals surface area contributed by atoms with Crippen LogP contribution in [0.25, 0.3) is 0 Å². The maximum absolute atomic E-state index is 6.48. The van der Waals surface area contributed by atoms with Crippen LogP contribution in [0.3, 0.4) is 0 Å². The molecule has 3 aromatic carbocycles. The monoisotopic (exact) mass is 430 g/mol. The molecule has 2 aliphatic heterocycles. The van der Waals surface area contributed by atoms with Crippen molar-refractivity contribution in [2.75, 3.05) is 20.8 Å². The van der Waals surface area contributed by atoms with Crippen molar-refractivity contribution in [1.29, 1.82) is 0 Å². The third kappa shape index (κ3) is 3.42. The molecule has 0 bridgehead atoms. The Morgan fingerprint density at radius 1 is 0.906 bits per heavy atom. The molecule has 32 heavy (non-hydrogen) atoms. The molecular weight excluding hydrogens is 404 g/mol. The van der Waals surface area contributed by atoms with Gasteiger partial charge in [-0.15, -0.1) is 0 Å². The quantitative estimate of drug-likeness (QED) is 0.528. The van der Waals surface area contributed by atoms with E-state index < -0.39 is 0 Å². The summed E-state index contributed by atoms with van der Waals surface area (Å²) in [6.07, 6.45) is 0.388. The van der Waals surface area contributed by atoms with Crippen molar-refractivity contribution in [1.82, 2.24) is 5.01 Å². The van der Waals surface area contributed by atoms with Gasteiger partial charge < -0.3 is 18.9 Å². The van der Waals surface area contributed by atoms with Gasteiger partial charge in [0.25, 0.3) is 0 Å². The van der Waals surface area contributed by atoms with Gasteiger partial charge in [0.05, 0.1) is 38.1 Å². The molecule has 0 aliphatic carbocycles. The summed E-state index contributed by atoms with van der Waals surface area (Å²) in [5.41, 5.74) is 4.09. The molecule has 2 atom stereocenters. The molecule has 0 radical (unpaired) electrons. The van der Waals surface area contributed by atoms with E-state index in [9.17, 15) is 0 Å². The Hall–Kier alpha value is -3.67. The topological polar surface area (TPSA) is 52.5 Å². The van der Waals surface area contributed by atoms with Crippen molar-refractivity contribution < 1.29 is 18.9 Å². The van der Waals surface area contributed by atoms with Gasteiger partial charge in [0.15, 0.2) is 11.5 Å². The van der Waals surface area contributed by atoms with Gasteiger partial charge in [-0.1, -0.05) is 30.3 Å². The standard InChI is InChI=1S/C26H26N2O4/c1-4-31-22-11-7-6-10-19(22)26-28-21(18-9-5-8-12-23(18)32-26)16-20(27-28)17-13-14-24(29-2)25(15-17)30-3/h5-15,21,26H,4,16H2,1-3H3/t21-,26+/m1/s1. The lowest BCUT2D eigenvalue weighted by atomic mass is 9.95. The van der Waals surface area contributed by atoms with Crippen molar-refractivity contribution in [2.24, 2.45) is 5.10 Å². The number of nitrogens with zero attached hydrogens (tertiary/aromatic N) is 2. The lowest BCUT2D eigenvalue weighted by molar-refractivity contribution is -0.0205. The van der Waals surface area contributed by atoms with Crippen LogP contribution < -0.4 is 18.9 Å². The van der Waals surface area contributed by atoms with Gasteiger partial charge in [-0.2, -0.15) is 5.10 Å². The highest BCUT2D eigenvalue weighted by atomic mass is 16.5. The van der Waals surface area contributed by atoms with Crippen molar-refractivity contribution in [3.05, 3.63) is 83.4 Å². The number of benzene rings is 3. The molecule has 0 N–H and O–H groups in total. The fourth-order valence-electron chi connectivity index (χ4n) is 4.40. The number of hydrogen-bond donors (Lipinski definition) is 0. The highest BCUT2D eigenvalue weighted by molar-refractivity contribution is 6.02. The number of hydrogen-bond acceptors (Lipinski definition) is 6. The zero-order valence-electron chi connectivity index (χ0n) is 18.4. The second-order valence-corrected chi connectivity index (χ2v) is 7.70. The normalized spacial score (nSPS) is 18.8. The summed E-state index contributed by atoms with van der Waals surface area (Å²) >= 11 is 0. The molecule has 0 aromatic heterocycles. The summed E-state index contributed by atoms with van der Waals surface area (Å²) in [6.45, 7) is 2.57. The fraction of sp³-hybridized carbons (Fsp3) is 0.269. The van der Waals surface area contributed by atoms with Crippen LogP contribution in [0.1, 0.15) is 42.3 Å². The first-order valence-electron chi connectivity index (χ1n) is 10.8. The Morgan fingerprint density at radius 2 is 1.66 bits per heavy atom. The van der Waals surface area contributed by atoms with E-state index in [-0.39, 0.29) is 12.3 Å². The minimum atomic E-state index is -0.379. The Bertz CT molecular complexity index is 1160. The molecule has 0 unspecified atom stereocenters. The van der Waals surface area contributed by atoms with Gasteiger partial charge in [0.1, 0.15) is 11.5 Å². The van der Waals surface area contributed by atoms with Gasteiger partial charge in [0.2, 0.25) is 6.23 Å². The first kappa shape index (κ1) is 20.2. The van der Waals surface area contributed by atoms with Crippen LogP contribution in [-0.2, 0) is 0 Å². The second kappa shape index (κ2) is 8.46. The first-order chi connectivity index (χ1) is 15.7. The first-order valence-corrected chi connectivity index (χ1v) is 10.8. The Kier molecular flexibility index (Phi) is 5.35. The number of para-hydroxylation sites is 2. The fourth-order valence-corrected chi connectivity index (χ4v) is 4.40. The van der Waals surface area contributed by atoms with E-state index in [1.807, 2.05) is 67.6 Å². The van der Waals surface area contributed by atoms with Crippen molar-refractivity contribution in [3.63, 3.8) is 0 Å². The minimum absolute atomic E-state index is 0.0720. The summed E-state index contributed by atoms with van der Waals surface area (Å²) in [4.78, 5) is 0. The Balaban J connectivity index is 1.58. The molecule has 0 fully saturated rings. The van der Waals surface area contributed by atoms with Crippen LogP contribution in [0.4, 0.5) is 0 Å². The van der Waals surface area contributed by atoms with E-state index in [0.717, 1.165) is 40.3 Å². The SMILES string of the molecule is CCOc1ccccc1[C@@H]1Oc2ccccc2[C@H]2CC(c3ccc(OC)c(OC)c3)=NN21. The predicted octanol–water partition coefficient (Wildman–Crippen LogP) is 5.34. The van der Waals surface area contributed by atoms with E-state index in [1.54, 1.807) is 14.2 Å². The molecule has 6 heteroatoms. The third-order valence-corrected chi connectivity index (χ3v) is 5.90. The summed E-state index contributed by atoms with van der Waals surface area (Å²) in [5, 5.41) is 7.10. The average molecular weight is 431 g/mol. The maximum atomic E-state index is 6.48. The second-order valence-electron chi connectivity index (χ2n) is 7.70. The molecule has 0 saturated heterocycles. The molecule has 2 heterocycles. The van der Waals surface area contributed by atoms with Gasteiger partial charge in [0, 0.05) is 17.5 Å². The van der Waals surface area contributed by atoms with Crippen LogP contribution in [-0.4, -0.2) is 31.5 Å².